The van der Waals surface area contributed by atoms with Crippen molar-refractivity contribution >= 4 is 16.7 Å². The van der Waals surface area contributed by atoms with E-state index in [0.717, 1.165) is 42.2 Å². The maximum atomic E-state index is 11.9. The first kappa shape index (κ1) is 24.2. The number of phenols is 1. The smallest absolute Gasteiger partial charge is 0.339 e. The van der Waals surface area contributed by atoms with Gasteiger partial charge >= 0.3 is 5.97 Å². The molecule has 3 heteroatoms. The van der Waals surface area contributed by atoms with Gasteiger partial charge in [0.1, 0.15) is 11.3 Å². The van der Waals surface area contributed by atoms with Crippen LogP contribution in [0, 0.1) is 0 Å². The first-order chi connectivity index (χ1) is 14.0. The van der Waals surface area contributed by atoms with Gasteiger partial charge in [0, 0.05) is 5.39 Å². The molecule has 2 N–H and O–H groups in total. The lowest BCUT2D eigenvalue weighted by Crippen LogP contribution is -2.20. The summed E-state index contributed by atoms with van der Waals surface area (Å²) in [4.78, 5) is 11.9. The molecule has 3 nitrogen and oxygen atoms in total. The van der Waals surface area contributed by atoms with E-state index in [1.54, 1.807) is 6.07 Å². The fourth-order valence-corrected chi connectivity index (χ4v) is 4.47. The maximum absolute atomic E-state index is 11.9. The number of carbonyl (C=O) groups is 1. The molecule has 0 aliphatic heterocycles. The fraction of sp³-hybridized carbons (Fsp3) is 0.593. The van der Waals surface area contributed by atoms with Crippen molar-refractivity contribution < 1.29 is 15.0 Å². The van der Waals surface area contributed by atoms with Crippen LogP contribution in [0.1, 0.15) is 114 Å². The molecule has 0 aliphatic rings. The molecule has 0 saturated heterocycles. The lowest BCUT2D eigenvalue weighted by atomic mass is 9.75. The third kappa shape index (κ3) is 5.36. The SMILES string of the molecule is CCCCCC(C)(C)c1ccc2c(C(C)(C)CCCCC)cc(C(=O)O)c(O)c2c1. The van der Waals surface area contributed by atoms with Crippen molar-refractivity contribution in [1.29, 1.82) is 0 Å². The monoisotopic (exact) mass is 412 g/mol. The van der Waals surface area contributed by atoms with Crippen LogP contribution in [-0.4, -0.2) is 16.2 Å². The Kier molecular flexibility index (Phi) is 7.96. The van der Waals surface area contributed by atoms with Crippen LogP contribution in [0.25, 0.3) is 10.8 Å². The van der Waals surface area contributed by atoms with Gasteiger partial charge in [-0.3, -0.25) is 0 Å². The third-order valence-corrected chi connectivity index (χ3v) is 6.66. The molecule has 0 unspecified atom stereocenters. The normalized spacial score (nSPS) is 12.5. The Morgan fingerprint density at radius 1 is 0.833 bits per heavy atom. The number of carboxylic acid groups (broad SMARTS) is 1. The summed E-state index contributed by atoms with van der Waals surface area (Å²) < 4.78 is 0. The van der Waals surface area contributed by atoms with Crippen LogP contribution in [0.4, 0.5) is 0 Å². The molecule has 0 radical (unpaired) electrons. The number of rotatable bonds is 11. The van der Waals surface area contributed by atoms with Gasteiger partial charge in [0.15, 0.2) is 0 Å². The Morgan fingerprint density at radius 2 is 1.40 bits per heavy atom. The molecule has 0 aromatic heterocycles. The van der Waals surface area contributed by atoms with E-state index >= 15 is 0 Å². The van der Waals surface area contributed by atoms with Crippen molar-refractivity contribution in [2.24, 2.45) is 0 Å². The third-order valence-electron chi connectivity index (χ3n) is 6.66. The van der Waals surface area contributed by atoms with Crippen LogP contribution in [0.2, 0.25) is 0 Å². The summed E-state index contributed by atoms with van der Waals surface area (Å²) in [7, 11) is 0. The van der Waals surface area contributed by atoms with Crippen LogP contribution in [0.3, 0.4) is 0 Å². The van der Waals surface area contributed by atoms with Gasteiger partial charge in [0.25, 0.3) is 0 Å². The van der Waals surface area contributed by atoms with Gasteiger partial charge in [-0.05, 0) is 52.3 Å². The quantitative estimate of drug-likeness (QED) is 0.368. The standard InChI is InChI=1S/C27H40O3/c1-7-9-11-15-26(3,4)19-13-14-20-21(17-19)24(28)22(25(29)30)18-23(20)27(5,6)16-12-10-8-2/h13-14,17-18,28H,7-12,15-16H2,1-6H3,(H,29,30). The molecule has 2 aromatic rings. The Morgan fingerprint density at radius 3 is 1.93 bits per heavy atom. The summed E-state index contributed by atoms with van der Waals surface area (Å²) in [5.74, 6) is -1.19. The minimum absolute atomic E-state index is 0.00186. The van der Waals surface area contributed by atoms with Crippen molar-refractivity contribution in [1.82, 2.24) is 0 Å². The largest absolute Gasteiger partial charge is 0.506 e. The Labute approximate surface area is 182 Å². The minimum atomic E-state index is -1.08. The van der Waals surface area contributed by atoms with E-state index < -0.39 is 5.97 Å². The number of fused-ring (bicyclic) bond motifs is 1. The van der Waals surface area contributed by atoms with E-state index in [0.29, 0.717) is 5.39 Å². The number of hydrogen-bond acceptors (Lipinski definition) is 2. The Balaban J connectivity index is 2.61. The van der Waals surface area contributed by atoms with Crippen LogP contribution in [0.15, 0.2) is 24.3 Å². The first-order valence-electron chi connectivity index (χ1n) is 11.6. The van der Waals surface area contributed by atoms with Gasteiger partial charge in [-0.25, -0.2) is 4.79 Å². The summed E-state index contributed by atoms with van der Waals surface area (Å²) in [6.45, 7) is 13.2. The van der Waals surface area contributed by atoms with Crippen molar-refractivity contribution in [3.63, 3.8) is 0 Å². The number of unbranched alkanes of at least 4 members (excludes halogenated alkanes) is 4. The van der Waals surface area contributed by atoms with Gasteiger partial charge in [-0.2, -0.15) is 0 Å². The summed E-state index contributed by atoms with van der Waals surface area (Å²) in [6, 6.07) is 7.97. The van der Waals surface area contributed by atoms with Crippen LogP contribution in [-0.2, 0) is 10.8 Å². The lowest BCUT2D eigenvalue weighted by molar-refractivity contribution is 0.0694. The summed E-state index contributed by atoms with van der Waals surface area (Å²) in [5, 5.41) is 22.2. The van der Waals surface area contributed by atoms with Crippen LogP contribution < -0.4 is 0 Å². The topological polar surface area (TPSA) is 57.5 Å². The van der Waals surface area contributed by atoms with Crippen molar-refractivity contribution in [3.05, 3.63) is 41.0 Å². The van der Waals surface area contributed by atoms with Gasteiger partial charge in [0.2, 0.25) is 0 Å². The van der Waals surface area contributed by atoms with E-state index in [4.69, 9.17) is 0 Å². The highest BCUT2D eigenvalue weighted by molar-refractivity contribution is 6.02. The summed E-state index contributed by atoms with van der Waals surface area (Å²) in [5.41, 5.74) is 1.98. The molecule has 0 aliphatic carbocycles. The second-order valence-electron chi connectivity index (χ2n) is 10.1. The Hall–Kier alpha value is -2.03. The average Bonchev–Trinajstić information content (AvgIpc) is 2.67. The van der Waals surface area contributed by atoms with Crippen molar-refractivity contribution in [2.45, 2.75) is 104 Å². The van der Waals surface area contributed by atoms with E-state index in [9.17, 15) is 15.0 Å². The second kappa shape index (κ2) is 9.85. The van der Waals surface area contributed by atoms with Gasteiger partial charge in [-0.1, -0.05) is 92.2 Å². The first-order valence-corrected chi connectivity index (χ1v) is 11.6. The summed E-state index contributed by atoms with van der Waals surface area (Å²) >= 11 is 0. The predicted octanol–water partition coefficient (Wildman–Crippen LogP) is 7.96. The van der Waals surface area contributed by atoms with E-state index in [1.165, 1.54) is 25.7 Å². The molecule has 0 heterocycles. The van der Waals surface area contributed by atoms with E-state index in [-0.39, 0.29) is 22.1 Å². The molecule has 0 bridgehead atoms. The number of aromatic hydroxyl groups is 1. The van der Waals surface area contributed by atoms with Gasteiger partial charge in [0.05, 0.1) is 0 Å². The number of hydrogen-bond donors (Lipinski definition) is 2. The van der Waals surface area contributed by atoms with Gasteiger partial charge < -0.3 is 10.2 Å². The predicted molar refractivity (Wildman–Crippen MR) is 127 cm³/mol. The fourth-order valence-electron chi connectivity index (χ4n) is 4.47. The number of carboxylic acids is 1. The van der Waals surface area contributed by atoms with Crippen LogP contribution >= 0.6 is 0 Å². The molecule has 0 spiro atoms. The van der Waals surface area contributed by atoms with E-state index in [2.05, 4.69) is 53.7 Å². The molecule has 30 heavy (non-hydrogen) atoms. The van der Waals surface area contributed by atoms with E-state index in [1.807, 2.05) is 6.07 Å². The summed E-state index contributed by atoms with van der Waals surface area (Å²) in [6.07, 6.45) is 9.06. The molecule has 0 fully saturated rings. The second-order valence-corrected chi connectivity index (χ2v) is 10.1. The lowest BCUT2D eigenvalue weighted by Gasteiger charge is -2.29. The van der Waals surface area contributed by atoms with Crippen molar-refractivity contribution in [2.75, 3.05) is 0 Å². The minimum Gasteiger partial charge on any atom is -0.506 e. The highest BCUT2D eigenvalue weighted by atomic mass is 16.4. The van der Waals surface area contributed by atoms with Crippen LogP contribution in [0.5, 0.6) is 5.75 Å². The molecule has 0 amide bonds. The molecule has 0 saturated carbocycles. The number of benzene rings is 2. The zero-order chi connectivity index (χ0) is 22.5. The highest BCUT2D eigenvalue weighted by Crippen LogP contribution is 2.42. The average molecular weight is 413 g/mol. The molecular formula is C27H40O3. The van der Waals surface area contributed by atoms with Crippen molar-refractivity contribution in [3.8, 4) is 5.75 Å². The Bertz CT molecular complexity index is 877. The highest BCUT2D eigenvalue weighted by Gasteiger charge is 2.28. The molecule has 2 rings (SSSR count). The number of aromatic carboxylic acids is 1. The molecule has 166 valence electrons. The maximum Gasteiger partial charge on any atom is 0.339 e. The zero-order valence-corrected chi connectivity index (χ0v) is 19.8. The zero-order valence-electron chi connectivity index (χ0n) is 19.8. The molecular weight excluding hydrogens is 372 g/mol. The molecule has 2 aromatic carbocycles. The molecule has 0 atom stereocenters. The van der Waals surface area contributed by atoms with Gasteiger partial charge in [-0.15, -0.1) is 0 Å².